The maximum absolute atomic E-state index is 11.8. The summed E-state index contributed by atoms with van der Waals surface area (Å²) in [5, 5.41) is 0. The van der Waals surface area contributed by atoms with E-state index in [0.717, 1.165) is 5.56 Å². The van der Waals surface area contributed by atoms with Gasteiger partial charge in [0.05, 0.1) is 16.5 Å². The topological polar surface area (TPSA) is 46.6 Å². The second kappa shape index (κ2) is 3.47. The summed E-state index contributed by atoms with van der Waals surface area (Å²) in [6.07, 6.45) is 0. The molecule has 0 aliphatic carbocycles. The molecular weight excluding hydrogens is 282 g/mol. The Labute approximate surface area is 97.0 Å². The third kappa shape index (κ3) is 1.56. The van der Waals surface area contributed by atoms with Crippen molar-refractivity contribution in [2.24, 2.45) is 0 Å². The first-order valence-corrected chi connectivity index (χ1v) is 6.53. The molecule has 0 bridgehead atoms. The maximum atomic E-state index is 11.8. The van der Waals surface area contributed by atoms with Gasteiger partial charge < -0.3 is 4.74 Å². The van der Waals surface area contributed by atoms with Crippen LogP contribution < -0.4 is 4.74 Å². The Morgan fingerprint density at radius 2 is 2.13 bits per heavy atom. The number of hydrogen-bond acceptors (Lipinski definition) is 3. The Kier molecular flexibility index (Phi) is 2.52. The van der Waals surface area contributed by atoms with Gasteiger partial charge in [0.1, 0.15) is 5.75 Å². The Hall–Kier alpha value is -0.590. The fourth-order valence-corrected chi connectivity index (χ4v) is 3.61. The lowest BCUT2D eigenvalue weighted by molar-refractivity contribution is 0.410. The molecule has 0 fully saturated rings. The summed E-state index contributed by atoms with van der Waals surface area (Å²) in [7, 11) is -0.164. The zero-order chi connectivity index (χ0) is 11.2. The SMILES string of the molecule is COc1cc2c(cc1Br)S(=O)(=O)N(C)C2. The van der Waals surface area contributed by atoms with Crippen molar-refractivity contribution >= 4 is 26.0 Å². The van der Waals surface area contributed by atoms with Crippen LogP contribution in [0.15, 0.2) is 21.5 Å². The van der Waals surface area contributed by atoms with Crippen LogP contribution in [0.25, 0.3) is 0 Å². The van der Waals surface area contributed by atoms with Crippen molar-refractivity contribution in [3.05, 3.63) is 22.2 Å². The number of rotatable bonds is 1. The number of methoxy groups -OCH3 is 1. The van der Waals surface area contributed by atoms with Gasteiger partial charge in [-0.25, -0.2) is 8.42 Å². The van der Waals surface area contributed by atoms with Gasteiger partial charge in [-0.05, 0) is 33.6 Å². The van der Waals surface area contributed by atoms with Gasteiger partial charge in [0, 0.05) is 13.6 Å². The Balaban J connectivity index is 2.67. The number of benzene rings is 1. The van der Waals surface area contributed by atoms with Crippen LogP contribution in [0.3, 0.4) is 0 Å². The van der Waals surface area contributed by atoms with Gasteiger partial charge in [-0.3, -0.25) is 0 Å². The highest BCUT2D eigenvalue weighted by molar-refractivity contribution is 9.10. The summed E-state index contributed by atoms with van der Waals surface area (Å²) in [5.74, 6) is 0.652. The fourth-order valence-electron chi connectivity index (χ4n) is 1.59. The summed E-state index contributed by atoms with van der Waals surface area (Å²) in [5.41, 5.74) is 0.776. The van der Waals surface area contributed by atoms with Gasteiger partial charge in [0.2, 0.25) is 10.0 Å². The molecule has 0 unspecified atom stereocenters. The molecule has 1 aromatic carbocycles. The standard InChI is InChI=1S/C9H10BrNO3S/c1-11-5-6-3-8(14-2)7(10)4-9(6)15(11,12)13/h3-4H,5H2,1-2H3. The van der Waals surface area contributed by atoms with Gasteiger partial charge in [0.15, 0.2) is 0 Å². The highest BCUT2D eigenvalue weighted by Gasteiger charge is 2.32. The van der Waals surface area contributed by atoms with E-state index >= 15 is 0 Å². The van der Waals surface area contributed by atoms with E-state index in [4.69, 9.17) is 4.74 Å². The lowest BCUT2D eigenvalue weighted by Gasteiger charge is -2.05. The van der Waals surface area contributed by atoms with E-state index in [0.29, 0.717) is 21.7 Å². The van der Waals surface area contributed by atoms with E-state index in [9.17, 15) is 8.42 Å². The number of nitrogens with zero attached hydrogens (tertiary/aromatic N) is 1. The molecule has 1 aliphatic heterocycles. The van der Waals surface area contributed by atoms with Crippen molar-refractivity contribution in [1.82, 2.24) is 4.31 Å². The minimum absolute atomic E-state index is 0.359. The molecule has 2 rings (SSSR count). The smallest absolute Gasteiger partial charge is 0.243 e. The summed E-state index contributed by atoms with van der Waals surface area (Å²) < 4.78 is 30.7. The lowest BCUT2D eigenvalue weighted by atomic mass is 10.2. The largest absolute Gasteiger partial charge is 0.496 e. The number of sulfonamides is 1. The first-order chi connectivity index (χ1) is 6.96. The normalized spacial score (nSPS) is 18.9. The molecule has 0 aromatic heterocycles. The molecule has 0 radical (unpaired) electrons. The molecule has 0 saturated carbocycles. The van der Waals surface area contributed by atoms with Gasteiger partial charge in [-0.2, -0.15) is 4.31 Å². The fraction of sp³-hybridized carbons (Fsp3) is 0.333. The van der Waals surface area contributed by atoms with Gasteiger partial charge in [-0.15, -0.1) is 0 Å². The van der Waals surface area contributed by atoms with E-state index in [1.807, 2.05) is 0 Å². The van der Waals surface area contributed by atoms with E-state index in [-0.39, 0.29) is 0 Å². The molecule has 82 valence electrons. The second-order valence-electron chi connectivity index (χ2n) is 3.36. The molecule has 6 heteroatoms. The third-order valence-corrected chi connectivity index (χ3v) is 4.92. The highest BCUT2D eigenvalue weighted by Crippen LogP contribution is 2.36. The quantitative estimate of drug-likeness (QED) is 0.789. The van der Waals surface area contributed by atoms with Crippen LogP contribution in [0.5, 0.6) is 5.75 Å². The summed E-state index contributed by atoms with van der Waals surface area (Å²) in [6, 6.07) is 3.34. The summed E-state index contributed by atoms with van der Waals surface area (Å²) >= 11 is 3.27. The van der Waals surface area contributed by atoms with E-state index < -0.39 is 10.0 Å². The van der Waals surface area contributed by atoms with Crippen LogP contribution in [0.2, 0.25) is 0 Å². The Morgan fingerprint density at radius 3 is 2.73 bits per heavy atom. The maximum Gasteiger partial charge on any atom is 0.243 e. The monoisotopic (exact) mass is 291 g/mol. The van der Waals surface area contributed by atoms with Gasteiger partial charge in [-0.1, -0.05) is 0 Å². The molecule has 0 saturated heterocycles. The van der Waals surface area contributed by atoms with Crippen molar-refractivity contribution in [1.29, 1.82) is 0 Å². The summed E-state index contributed by atoms with van der Waals surface area (Å²) in [4.78, 5) is 0.359. The highest BCUT2D eigenvalue weighted by atomic mass is 79.9. The van der Waals surface area contributed by atoms with Gasteiger partial charge >= 0.3 is 0 Å². The van der Waals surface area contributed by atoms with Crippen molar-refractivity contribution in [3.8, 4) is 5.75 Å². The molecule has 1 aromatic rings. The molecule has 15 heavy (non-hydrogen) atoms. The Morgan fingerprint density at radius 1 is 1.47 bits per heavy atom. The molecule has 1 aliphatic rings. The zero-order valence-corrected chi connectivity index (χ0v) is 10.7. The number of halogens is 1. The minimum Gasteiger partial charge on any atom is -0.496 e. The zero-order valence-electron chi connectivity index (χ0n) is 8.32. The average Bonchev–Trinajstić information content (AvgIpc) is 2.39. The molecule has 0 N–H and O–H groups in total. The summed E-state index contributed by atoms with van der Waals surface area (Å²) in [6.45, 7) is 0.404. The third-order valence-electron chi connectivity index (χ3n) is 2.42. The van der Waals surface area contributed by atoms with E-state index in [2.05, 4.69) is 15.9 Å². The molecular formula is C9H10BrNO3S. The van der Waals surface area contributed by atoms with Gasteiger partial charge in [0.25, 0.3) is 0 Å². The number of fused-ring (bicyclic) bond motifs is 1. The first kappa shape index (κ1) is 10.9. The lowest BCUT2D eigenvalue weighted by Crippen LogP contribution is -2.18. The molecule has 0 atom stereocenters. The molecule has 0 amide bonds. The predicted molar refractivity (Wildman–Crippen MR) is 59.3 cm³/mol. The van der Waals surface area contributed by atoms with Crippen LogP contribution in [-0.2, 0) is 16.6 Å². The molecule has 1 heterocycles. The molecule has 4 nitrogen and oxygen atoms in total. The van der Waals surface area contributed by atoms with Crippen LogP contribution in [-0.4, -0.2) is 26.9 Å². The van der Waals surface area contributed by atoms with Crippen LogP contribution in [0.4, 0.5) is 0 Å². The van der Waals surface area contributed by atoms with Crippen molar-refractivity contribution in [2.75, 3.05) is 14.2 Å². The van der Waals surface area contributed by atoms with E-state index in [1.165, 1.54) is 4.31 Å². The van der Waals surface area contributed by atoms with Crippen molar-refractivity contribution < 1.29 is 13.2 Å². The van der Waals surface area contributed by atoms with E-state index in [1.54, 1.807) is 26.3 Å². The first-order valence-electron chi connectivity index (χ1n) is 4.29. The van der Waals surface area contributed by atoms with Crippen LogP contribution in [0.1, 0.15) is 5.56 Å². The molecule has 0 spiro atoms. The van der Waals surface area contributed by atoms with Crippen molar-refractivity contribution in [2.45, 2.75) is 11.4 Å². The number of hydrogen-bond donors (Lipinski definition) is 0. The van der Waals surface area contributed by atoms with Crippen molar-refractivity contribution in [3.63, 3.8) is 0 Å². The second-order valence-corrected chi connectivity index (χ2v) is 6.22. The van der Waals surface area contributed by atoms with Crippen LogP contribution >= 0.6 is 15.9 Å². The van der Waals surface area contributed by atoms with Crippen LogP contribution in [0, 0.1) is 0 Å². The minimum atomic E-state index is -3.28. The predicted octanol–water partition coefficient (Wildman–Crippen LogP) is 1.59. The average molecular weight is 292 g/mol. The number of ether oxygens (including phenoxy) is 1. The Bertz CT molecular complexity index is 512.